The minimum absolute atomic E-state index is 0.00678. The van der Waals surface area contributed by atoms with Crippen molar-refractivity contribution in [2.24, 2.45) is 0 Å². The molecule has 0 spiro atoms. The van der Waals surface area contributed by atoms with Crippen LogP contribution in [0.5, 0.6) is 0 Å². The number of sulfone groups is 2. The number of nitriles is 4. The van der Waals surface area contributed by atoms with Gasteiger partial charge in [-0.1, -0.05) is 12.1 Å². The van der Waals surface area contributed by atoms with E-state index in [9.17, 15) is 90.6 Å². The predicted molar refractivity (Wildman–Crippen MR) is 196 cm³/mol. The fraction of sp³-hybridized carbons (Fsp3) is 0.0952. The van der Waals surface area contributed by atoms with E-state index in [4.69, 9.17) is 0 Å². The molecule has 0 saturated carbocycles. The largest absolute Gasteiger partial charge is 0.416 e. The summed E-state index contributed by atoms with van der Waals surface area (Å²) >= 11 is 0. The van der Waals surface area contributed by atoms with Gasteiger partial charge in [0.25, 0.3) is 0 Å². The van der Waals surface area contributed by atoms with Crippen LogP contribution >= 0.6 is 0 Å². The molecule has 322 valence electrons. The highest BCUT2D eigenvalue weighted by Gasteiger charge is 2.41. The molecule has 0 saturated heterocycles. The monoisotopic (exact) mass is 930 g/mol. The van der Waals surface area contributed by atoms with Gasteiger partial charge in [-0.2, -0.15) is 73.7 Å². The van der Waals surface area contributed by atoms with Crippen molar-refractivity contribution in [3.8, 4) is 46.5 Å². The number of nitrogens with zero attached hydrogens (tertiary/aromatic N) is 4. The molecule has 0 bridgehead atoms. The lowest BCUT2D eigenvalue weighted by atomic mass is 9.93. The summed E-state index contributed by atoms with van der Waals surface area (Å²) in [5.74, 6) is 0. The van der Waals surface area contributed by atoms with Crippen molar-refractivity contribution in [1.29, 1.82) is 21.0 Å². The number of benzene rings is 5. The van der Waals surface area contributed by atoms with Gasteiger partial charge < -0.3 is 0 Å². The van der Waals surface area contributed by atoms with E-state index in [1.165, 1.54) is 12.1 Å². The van der Waals surface area contributed by atoms with Crippen molar-refractivity contribution in [3.05, 3.63) is 141 Å². The van der Waals surface area contributed by atoms with Crippen molar-refractivity contribution >= 4 is 30.8 Å². The standard InChI is InChI=1S/C42H14F12N4O4S2/c43-39(44,45)21-5-22(40(46,47)48)8-27(7-21)63(59,60)25-1-3-29-31-13-36-32(14-35(31)37(33(29)11-25)19(15-55)16-56)30-4-2-26(12-34(30)38(36)20(17-57)18-58)64(61,62)28-9-23(41(49,50)51)6-24(10-28)42(52,53)54/h1-14H. The number of fused-ring (bicyclic) bond motifs is 6. The molecule has 0 atom stereocenters. The Balaban J connectivity index is 1.43. The molecule has 0 N–H and O–H groups in total. The second-order valence-electron chi connectivity index (χ2n) is 13.8. The summed E-state index contributed by atoms with van der Waals surface area (Å²) in [7, 11) is -10.5. The highest BCUT2D eigenvalue weighted by Crippen LogP contribution is 2.54. The first-order valence-corrected chi connectivity index (χ1v) is 20.2. The minimum atomic E-state index is -5.42. The Morgan fingerprint density at radius 2 is 0.609 bits per heavy atom. The Morgan fingerprint density at radius 1 is 0.344 bits per heavy atom. The van der Waals surface area contributed by atoms with Crippen LogP contribution in [0.4, 0.5) is 52.7 Å². The third-order valence-corrected chi connectivity index (χ3v) is 13.6. The summed E-state index contributed by atoms with van der Waals surface area (Å²) < 4.78 is 219. The first-order chi connectivity index (χ1) is 29.6. The number of alkyl halides is 12. The SMILES string of the molecule is N#CC(C#N)=C1c2cc(S(=O)(=O)c3cc(C(F)(F)F)cc(C(F)(F)F)c3)ccc2-c2cc3c(cc21)-c1ccc(S(=O)(=O)c2cc(C(F)(F)F)cc(C(F)(F)F)c2)cc1C3=C(C#N)C#N. The maximum atomic E-state index is 13.8. The van der Waals surface area contributed by atoms with Crippen LogP contribution in [-0.2, 0) is 44.4 Å². The molecule has 0 aromatic heterocycles. The summed E-state index contributed by atoms with van der Waals surface area (Å²) in [6.07, 6.45) is -21.7. The predicted octanol–water partition coefficient (Wildman–Crippen LogP) is 11.1. The molecule has 2 aliphatic rings. The lowest BCUT2D eigenvalue weighted by Crippen LogP contribution is -2.13. The number of hydrogen-bond acceptors (Lipinski definition) is 8. The maximum absolute atomic E-state index is 13.8. The molecule has 64 heavy (non-hydrogen) atoms. The van der Waals surface area contributed by atoms with Gasteiger partial charge in [-0.25, -0.2) is 16.8 Å². The molecule has 7 rings (SSSR count). The van der Waals surface area contributed by atoms with Gasteiger partial charge in [0.05, 0.1) is 41.8 Å². The van der Waals surface area contributed by atoms with Gasteiger partial charge in [-0.05, 0) is 117 Å². The van der Waals surface area contributed by atoms with Crippen LogP contribution in [0.2, 0.25) is 0 Å². The van der Waals surface area contributed by atoms with Crippen LogP contribution in [0.25, 0.3) is 33.4 Å². The van der Waals surface area contributed by atoms with Gasteiger partial charge in [0.1, 0.15) is 35.4 Å². The molecule has 5 aromatic rings. The fourth-order valence-corrected chi connectivity index (χ4v) is 9.97. The molecule has 5 aromatic carbocycles. The van der Waals surface area contributed by atoms with Crippen molar-refractivity contribution in [2.75, 3.05) is 0 Å². The average molecular weight is 931 g/mol. The highest BCUT2D eigenvalue weighted by molar-refractivity contribution is 7.91. The number of hydrogen-bond donors (Lipinski definition) is 0. The molecule has 0 heterocycles. The number of halogens is 12. The lowest BCUT2D eigenvalue weighted by molar-refractivity contribution is -0.145. The first-order valence-electron chi connectivity index (χ1n) is 17.2. The van der Waals surface area contributed by atoms with Crippen LogP contribution in [-0.4, -0.2) is 16.8 Å². The molecule has 0 unspecified atom stereocenters. The van der Waals surface area contributed by atoms with Gasteiger partial charge in [0.15, 0.2) is 0 Å². The van der Waals surface area contributed by atoms with Crippen molar-refractivity contribution in [3.63, 3.8) is 0 Å². The average Bonchev–Trinajstić information content (AvgIpc) is 3.70. The first kappa shape index (κ1) is 44.6. The van der Waals surface area contributed by atoms with E-state index in [1.54, 1.807) is 24.3 Å². The topological polar surface area (TPSA) is 163 Å². The molecular formula is C42H14F12N4O4S2. The molecule has 8 nitrogen and oxygen atoms in total. The molecule has 2 aliphatic carbocycles. The Bertz CT molecular complexity index is 3090. The van der Waals surface area contributed by atoms with Crippen LogP contribution < -0.4 is 0 Å². The van der Waals surface area contributed by atoms with Crippen LogP contribution in [0.3, 0.4) is 0 Å². The van der Waals surface area contributed by atoms with Crippen molar-refractivity contribution < 1.29 is 69.5 Å². The summed E-state index contributed by atoms with van der Waals surface area (Å²) in [6.45, 7) is 0. The number of allylic oxidation sites excluding steroid dienone is 2. The van der Waals surface area contributed by atoms with Gasteiger partial charge in [0, 0.05) is 11.1 Å². The second kappa shape index (κ2) is 14.6. The maximum Gasteiger partial charge on any atom is 0.416 e. The third-order valence-electron chi connectivity index (χ3n) is 10.1. The molecule has 0 fully saturated rings. The summed E-state index contributed by atoms with van der Waals surface area (Å²) in [5, 5.41) is 40.0. The zero-order valence-corrected chi connectivity index (χ0v) is 32.5. The third kappa shape index (κ3) is 7.30. The number of rotatable bonds is 4. The highest BCUT2D eigenvalue weighted by atomic mass is 32.2. The van der Waals surface area contributed by atoms with E-state index in [-0.39, 0.29) is 92.1 Å². The summed E-state index contributed by atoms with van der Waals surface area (Å²) in [6, 6.07) is 13.8. The normalized spacial score (nSPS) is 13.4. The molecule has 22 heteroatoms. The van der Waals surface area contributed by atoms with E-state index < -0.39 is 97.4 Å². The van der Waals surface area contributed by atoms with Gasteiger partial charge in [0.2, 0.25) is 19.7 Å². The van der Waals surface area contributed by atoms with E-state index in [2.05, 4.69) is 0 Å². The van der Waals surface area contributed by atoms with Gasteiger partial charge in [-0.3, -0.25) is 0 Å². The van der Waals surface area contributed by atoms with E-state index >= 15 is 0 Å². The van der Waals surface area contributed by atoms with Gasteiger partial charge >= 0.3 is 24.7 Å². The Labute approximate surface area is 351 Å². The summed E-state index contributed by atoms with van der Waals surface area (Å²) in [5.41, 5.74) is -10.1. The van der Waals surface area contributed by atoms with Crippen LogP contribution in [0.1, 0.15) is 44.5 Å². The van der Waals surface area contributed by atoms with E-state index in [0.29, 0.717) is 0 Å². The van der Waals surface area contributed by atoms with E-state index in [1.807, 2.05) is 0 Å². The smallest absolute Gasteiger partial charge is 0.219 e. The van der Waals surface area contributed by atoms with E-state index in [0.717, 1.165) is 36.4 Å². The van der Waals surface area contributed by atoms with Crippen molar-refractivity contribution in [2.45, 2.75) is 44.3 Å². The zero-order chi connectivity index (χ0) is 47.3. The fourth-order valence-electron chi connectivity index (χ4n) is 7.26. The van der Waals surface area contributed by atoms with Gasteiger partial charge in [-0.15, -0.1) is 0 Å². The van der Waals surface area contributed by atoms with Crippen molar-refractivity contribution in [1.82, 2.24) is 0 Å². The zero-order valence-electron chi connectivity index (χ0n) is 30.9. The van der Waals surface area contributed by atoms with Crippen LogP contribution in [0, 0.1) is 45.3 Å². The molecule has 0 aliphatic heterocycles. The molecule has 0 amide bonds. The summed E-state index contributed by atoms with van der Waals surface area (Å²) in [4.78, 5) is -4.55. The Kier molecular flexibility index (Phi) is 10.2. The second-order valence-corrected chi connectivity index (χ2v) is 17.7. The Hall–Kier alpha value is -7.40. The van der Waals surface area contributed by atoms with Crippen LogP contribution in [0.15, 0.2) is 116 Å². The molecular weight excluding hydrogens is 917 g/mol. The molecule has 0 radical (unpaired) electrons. The lowest BCUT2D eigenvalue weighted by Gasteiger charge is -2.15. The Morgan fingerprint density at radius 3 is 0.859 bits per heavy atom. The minimum Gasteiger partial charge on any atom is -0.219 e. The quantitative estimate of drug-likeness (QED) is 0.124.